The molecule has 0 saturated carbocycles. The highest BCUT2D eigenvalue weighted by atomic mass is 16.7. The molecule has 0 radical (unpaired) electrons. The largest absolute Gasteiger partial charge is 0.454 e. The van der Waals surface area contributed by atoms with Crippen molar-refractivity contribution in [2.24, 2.45) is 5.73 Å². The van der Waals surface area contributed by atoms with Gasteiger partial charge in [0.2, 0.25) is 6.79 Å². The average Bonchev–Trinajstić information content (AvgIpc) is 2.96. The predicted molar refractivity (Wildman–Crippen MR) is 53.7 cm³/mol. The lowest BCUT2D eigenvalue weighted by Crippen LogP contribution is -1.97. The summed E-state index contributed by atoms with van der Waals surface area (Å²) in [4.78, 5) is 4.13. The summed E-state index contributed by atoms with van der Waals surface area (Å²) in [5.74, 6) is 2.32. The molecule has 0 saturated heterocycles. The third-order valence-corrected chi connectivity index (χ3v) is 2.27. The molecular formula is C10H9N3O3. The minimum absolute atomic E-state index is 0.247. The molecule has 0 aliphatic carbocycles. The zero-order valence-electron chi connectivity index (χ0n) is 8.34. The number of benzene rings is 1. The minimum Gasteiger partial charge on any atom is -0.454 e. The van der Waals surface area contributed by atoms with E-state index >= 15 is 0 Å². The zero-order chi connectivity index (χ0) is 11.0. The molecule has 2 heterocycles. The Morgan fingerprint density at radius 2 is 2.12 bits per heavy atom. The third kappa shape index (κ3) is 1.40. The zero-order valence-corrected chi connectivity index (χ0v) is 8.34. The van der Waals surface area contributed by atoms with E-state index in [2.05, 4.69) is 10.1 Å². The van der Waals surface area contributed by atoms with Crippen LogP contribution in [0.5, 0.6) is 11.5 Å². The SMILES string of the molecule is NCc1noc(-c2ccc3c(c2)OCO3)n1. The molecule has 0 amide bonds. The Labute approximate surface area is 91.0 Å². The molecule has 0 unspecified atom stereocenters. The fraction of sp³-hybridized carbons (Fsp3) is 0.200. The standard InChI is InChI=1S/C10H9N3O3/c11-4-9-12-10(16-13-9)6-1-2-7-8(3-6)15-5-14-7/h1-3H,4-5,11H2. The molecule has 1 aromatic heterocycles. The van der Waals surface area contributed by atoms with Crippen LogP contribution >= 0.6 is 0 Å². The van der Waals surface area contributed by atoms with Crippen molar-refractivity contribution in [3.8, 4) is 23.0 Å². The fourth-order valence-corrected chi connectivity index (χ4v) is 1.48. The van der Waals surface area contributed by atoms with Gasteiger partial charge in [0, 0.05) is 5.56 Å². The van der Waals surface area contributed by atoms with Crippen molar-refractivity contribution in [2.75, 3.05) is 6.79 Å². The second kappa shape index (κ2) is 3.49. The van der Waals surface area contributed by atoms with Crippen LogP contribution < -0.4 is 15.2 Å². The molecule has 0 bridgehead atoms. The van der Waals surface area contributed by atoms with Crippen LogP contribution in [0.3, 0.4) is 0 Å². The van der Waals surface area contributed by atoms with Crippen molar-refractivity contribution < 1.29 is 14.0 Å². The number of rotatable bonds is 2. The van der Waals surface area contributed by atoms with E-state index in [9.17, 15) is 0 Å². The van der Waals surface area contributed by atoms with Gasteiger partial charge in [-0.05, 0) is 18.2 Å². The molecule has 6 heteroatoms. The van der Waals surface area contributed by atoms with Crippen molar-refractivity contribution >= 4 is 0 Å². The van der Waals surface area contributed by atoms with Gasteiger partial charge in [0.15, 0.2) is 17.3 Å². The molecule has 0 atom stereocenters. The molecule has 0 fully saturated rings. The first-order valence-corrected chi connectivity index (χ1v) is 4.79. The number of nitrogens with zero attached hydrogens (tertiary/aromatic N) is 2. The van der Waals surface area contributed by atoms with Crippen LogP contribution in [0, 0.1) is 0 Å². The van der Waals surface area contributed by atoms with E-state index in [4.69, 9.17) is 19.7 Å². The predicted octanol–water partition coefficient (Wildman–Crippen LogP) is 0.924. The van der Waals surface area contributed by atoms with E-state index in [0.29, 0.717) is 17.5 Å². The molecule has 1 aromatic carbocycles. The van der Waals surface area contributed by atoms with Crippen LogP contribution in [0.25, 0.3) is 11.5 Å². The maximum Gasteiger partial charge on any atom is 0.258 e. The van der Waals surface area contributed by atoms with Crippen LogP contribution in [0.2, 0.25) is 0 Å². The Kier molecular flexibility index (Phi) is 2.00. The molecule has 3 rings (SSSR count). The van der Waals surface area contributed by atoms with E-state index in [-0.39, 0.29) is 13.3 Å². The summed E-state index contributed by atoms with van der Waals surface area (Å²) in [6.45, 7) is 0.505. The Bertz CT molecular complexity index is 524. The van der Waals surface area contributed by atoms with Crippen molar-refractivity contribution in [3.05, 3.63) is 24.0 Å². The second-order valence-electron chi connectivity index (χ2n) is 3.29. The molecule has 2 N–H and O–H groups in total. The molecule has 16 heavy (non-hydrogen) atoms. The van der Waals surface area contributed by atoms with Crippen molar-refractivity contribution in [2.45, 2.75) is 6.54 Å². The highest BCUT2D eigenvalue weighted by molar-refractivity contribution is 5.60. The maximum atomic E-state index is 5.40. The van der Waals surface area contributed by atoms with E-state index in [1.807, 2.05) is 12.1 Å². The maximum absolute atomic E-state index is 5.40. The number of nitrogens with two attached hydrogens (primary N) is 1. The average molecular weight is 219 g/mol. The van der Waals surface area contributed by atoms with Gasteiger partial charge in [-0.1, -0.05) is 5.16 Å². The van der Waals surface area contributed by atoms with Crippen LogP contribution in [0.1, 0.15) is 5.82 Å². The summed E-state index contributed by atoms with van der Waals surface area (Å²) in [6, 6.07) is 5.45. The van der Waals surface area contributed by atoms with Crippen molar-refractivity contribution in [1.29, 1.82) is 0 Å². The normalized spacial score (nSPS) is 13.1. The van der Waals surface area contributed by atoms with E-state index in [1.54, 1.807) is 6.07 Å². The lowest BCUT2D eigenvalue weighted by Gasteiger charge is -1.97. The van der Waals surface area contributed by atoms with Gasteiger partial charge in [-0.25, -0.2) is 0 Å². The van der Waals surface area contributed by atoms with Gasteiger partial charge in [-0.15, -0.1) is 0 Å². The highest BCUT2D eigenvalue weighted by Crippen LogP contribution is 2.35. The number of aromatic nitrogens is 2. The summed E-state index contributed by atoms with van der Waals surface area (Å²) < 4.78 is 15.5. The fourth-order valence-electron chi connectivity index (χ4n) is 1.48. The van der Waals surface area contributed by atoms with Gasteiger partial charge in [0.1, 0.15) is 0 Å². The first kappa shape index (κ1) is 9.17. The van der Waals surface area contributed by atoms with Gasteiger partial charge in [0.05, 0.1) is 6.54 Å². The number of ether oxygens (including phenoxy) is 2. The molecule has 1 aliphatic rings. The Balaban J connectivity index is 2.00. The minimum atomic E-state index is 0.247. The Morgan fingerprint density at radius 1 is 1.25 bits per heavy atom. The Hall–Kier alpha value is -2.08. The molecule has 2 aromatic rings. The molecule has 1 aliphatic heterocycles. The number of fused-ring (bicyclic) bond motifs is 1. The first-order chi connectivity index (χ1) is 7.86. The lowest BCUT2D eigenvalue weighted by atomic mass is 10.2. The lowest BCUT2D eigenvalue weighted by molar-refractivity contribution is 0.174. The highest BCUT2D eigenvalue weighted by Gasteiger charge is 2.16. The topological polar surface area (TPSA) is 83.4 Å². The number of hydrogen-bond acceptors (Lipinski definition) is 6. The van der Waals surface area contributed by atoms with Crippen LogP contribution in [-0.2, 0) is 6.54 Å². The second-order valence-corrected chi connectivity index (χ2v) is 3.29. The van der Waals surface area contributed by atoms with Gasteiger partial charge in [-0.3, -0.25) is 0 Å². The smallest absolute Gasteiger partial charge is 0.258 e. The van der Waals surface area contributed by atoms with E-state index in [1.165, 1.54) is 0 Å². The van der Waals surface area contributed by atoms with Crippen LogP contribution in [-0.4, -0.2) is 16.9 Å². The monoisotopic (exact) mass is 219 g/mol. The molecule has 0 spiro atoms. The van der Waals surface area contributed by atoms with Gasteiger partial charge in [0.25, 0.3) is 5.89 Å². The van der Waals surface area contributed by atoms with Crippen LogP contribution in [0.15, 0.2) is 22.7 Å². The van der Waals surface area contributed by atoms with E-state index in [0.717, 1.165) is 11.3 Å². The molecule has 82 valence electrons. The summed E-state index contributed by atoms with van der Waals surface area (Å²) in [6.07, 6.45) is 0. The molecule has 6 nitrogen and oxygen atoms in total. The van der Waals surface area contributed by atoms with Crippen molar-refractivity contribution in [3.63, 3.8) is 0 Å². The van der Waals surface area contributed by atoms with Crippen molar-refractivity contribution in [1.82, 2.24) is 10.1 Å². The summed E-state index contributed by atoms with van der Waals surface area (Å²) >= 11 is 0. The summed E-state index contributed by atoms with van der Waals surface area (Å²) in [5.41, 5.74) is 6.19. The third-order valence-electron chi connectivity index (χ3n) is 2.27. The van der Waals surface area contributed by atoms with Gasteiger partial charge < -0.3 is 19.7 Å². The molecular weight excluding hydrogens is 210 g/mol. The Morgan fingerprint density at radius 3 is 2.94 bits per heavy atom. The summed E-state index contributed by atoms with van der Waals surface area (Å²) in [7, 11) is 0. The quantitative estimate of drug-likeness (QED) is 0.808. The van der Waals surface area contributed by atoms with Gasteiger partial charge >= 0.3 is 0 Å². The van der Waals surface area contributed by atoms with Gasteiger partial charge in [-0.2, -0.15) is 4.98 Å². The van der Waals surface area contributed by atoms with E-state index < -0.39 is 0 Å². The first-order valence-electron chi connectivity index (χ1n) is 4.79. The summed E-state index contributed by atoms with van der Waals surface area (Å²) in [5, 5.41) is 3.72. The van der Waals surface area contributed by atoms with Crippen LogP contribution in [0.4, 0.5) is 0 Å². The number of hydrogen-bond donors (Lipinski definition) is 1.